The fraction of sp³-hybridized carbons (Fsp3) is 0.235. The van der Waals surface area contributed by atoms with Gasteiger partial charge in [0, 0.05) is 33.5 Å². The second-order valence-electron chi connectivity index (χ2n) is 4.89. The van der Waals surface area contributed by atoms with E-state index in [1.165, 1.54) is 0 Å². The quantitative estimate of drug-likeness (QED) is 0.738. The summed E-state index contributed by atoms with van der Waals surface area (Å²) in [7, 11) is 1.62. The SMILES string of the molecule is COc1cc(C2=NCCS2)ccc1OCc1c(Cl)cccc1Cl. The van der Waals surface area contributed by atoms with Crippen molar-refractivity contribution in [3.8, 4) is 11.5 Å². The van der Waals surface area contributed by atoms with Gasteiger partial charge in [-0.15, -0.1) is 11.8 Å². The number of halogens is 2. The van der Waals surface area contributed by atoms with Gasteiger partial charge in [0.25, 0.3) is 0 Å². The molecule has 0 saturated carbocycles. The lowest BCUT2D eigenvalue weighted by Gasteiger charge is -2.13. The van der Waals surface area contributed by atoms with Crippen molar-refractivity contribution in [1.29, 1.82) is 0 Å². The highest BCUT2D eigenvalue weighted by Gasteiger charge is 2.14. The lowest BCUT2D eigenvalue weighted by atomic mass is 10.2. The van der Waals surface area contributed by atoms with Crippen LogP contribution in [-0.2, 0) is 6.61 Å². The zero-order chi connectivity index (χ0) is 16.2. The molecule has 0 radical (unpaired) electrons. The number of rotatable bonds is 5. The average molecular weight is 368 g/mol. The standard InChI is InChI=1S/C17H15Cl2NO2S/c1-21-16-9-11(17-20-7-8-23-17)5-6-15(16)22-10-12-13(18)3-2-4-14(12)19/h2-6,9H,7-8,10H2,1H3. The summed E-state index contributed by atoms with van der Waals surface area (Å²) < 4.78 is 11.3. The van der Waals surface area contributed by atoms with Crippen molar-refractivity contribution in [3.63, 3.8) is 0 Å². The minimum absolute atomic E-state index is 0.282. The van der Waals surface area contributed by atoms with Gasteiger partial charge in [0.15, 0.2) is 11.5 Å². The Bertz CT molecular complexity index is 729. The van der Waals surface area contributed by atoms with Crippen molar-refractivity contribution < 1.29 is 9.47 Å². The van der Waals surface area contributed by atoms with Crippen LogP contribution < -0.4 is 9.47 Å². The Morgan fingerprint density at radius 2 is 1.91 bits per heavy atom. The smallest absolute Gasteiger partial charge is 0.161 e. The van der Waals surface area contributed by atoms with E-state index in [-0.39, 0.29) is 6.61 Å². The number of nitrogens with zero attached hydrogens (tertiary/aromatic N) is 1. The third kappa shape index (κ3) is 3.77. The van der Waals surface area contributed by atoms with Gasteiger partial charge in [-0.25, -0.2) is 0 Å². The van der Waals surface area contributed by atoms with Crippen molar-refractivity contribution in [2.24, 2.45) is 4.99 Å². The molecule has 0 aromatic heterocycles. The fourth-order valence-electron chi connectivity index (χ4n) is 2.25. The van der Waals surface area contributed by atoms with Crippen molar-refractivity contribution in [3.05, 3.63) is 57.6 Å². The third-order valence-corrected chi connectivity index (χ3v) is 5.16. The molecule has 2 aromatic rings. The van der Waals surface area contributed by atoms with Crippen LogP contribution in [0.2, 0.25) is 10.0 Å². The zero-order valence-electron chi connectivity index (χ0n) is 12.5. The van der Waals surface area contributed by atoms with Gasteiger partial charge in [0.2, 0.25) is 0 Å². The monoisotopic (exact) mass is 367 g/mol. The maximum Gasteiger partial charge on any atom is 0.161 e. The van der Waals surface area contributed by atoms with Crippen LogP contribution in [0.4, 0.5) is 0 Å². The molecular formula is C17H15Cl2NO2S. The van der Waals surface area contributed by atoms with Crippen molar-refractivity contribution >= 4 is 40.0 Å². The van der Waals surface area contributed by atoms with Gasteiger partial charge >= 0.3 is 0 Å². The minimum atomic E-state index is 0.282. The maximum atomic E-state index is 6.17. The van der Waals surface area contributed by atoms with E-state index in [1.54, 1.807) is 31.0 Å². The summed E-state index contributed by atoms with van der Waals surface area (Å²) in [4.78, 5) is 4.48. The third-order valence-electron chi connectivity index (χ3n) is 3.43. The number of ether oxygens (including phenoxy) is 2. The first-order chi connectivity index (χ1) is 11.2. The number of methoxy groups -OCH3 is 1. The van der Waals surface area contributed by atoms with Crippen LogP contribution in [0.25, 0.3) is 0 Å². The molecule has 0 atom stereocenters. The summed E-state index contributed by atoms with van der Waals surface area (Å²) >= 11 is 14.1. The molecule has 1 heterocycles. The summed E-state index contributed by atoms with van der Waals surface area (Å²) in [5.74, 6) is 2.35. The van der Waals surface area contributed by atoms with E-state index < -0.39 is 0 Å². The Hall–Kier alpha value is -1.36. The molecule has 0 bridgehead atoms. The predicted octanol–water partition coefficient (Wildman–Crippen LogP) is 5.07. The van der Waals surface area contributed by atoms with Gasteiger partial charge in [0.1, 0.15) is 6.61 Å². The molecule has 6 heteroatoms. The topological polar surface area (TPSA) is 30.8 Å². The fourth-order valence-corrected chi connectivity index (χ4v) is 3.61. The van der Waals surface area contributed by atoms with E-state index in [1.807, 2.05) is 24.3 Å². The van der Waals surface area contributed by atoms with Gasteiger partial charge in [0.05, 0.1) is 12.2 Å². The van der Waals surface area contributed by atoms with Crippen LogP contribution in [0, 0.1) is 0 Å². The minimum Gasteiger partial charge on any atom is -0.493 e. The Labute approximate surface area is 149 Å². The molecule has 0 amide bonds. The van der Waals surface area contributed by atoms with Crippen LogP contribution in [0.15, 0.2) is 41.4 Å². The van der Waals surface area contributed by atoms with Crippen LogP contribution in [0.5, 0.6) is 11.5 Å². The normalized spacial score (nSPS) is 13.8. The summed E-state index contributed by atoms with van der Waals surface area (Å²) in [6.45, 7) is 1.15. The van der Waals surface area contributed by atoms with Gasteiger partial charge in [-0.2, -0.15) is 0 Å². The maximum absolute atomic E-state index is 6.17. The summed E-state index contributed by atoms with van der Waals surface area (Å²) in [6, 6.07) is 11.2. The molecule has 1 aliphatic heterocycles. The number of thioether (sulfide) groups is 1. The van der Waals surface area contributed by atoms with Crippen LogP contribution in [0.1, 0.15) is 11.1 Å². The molecule has 3 rings (SSSR count). The molecule has 0 saturated heterocycles. The molecule has 1 aliphatic rings. The predicted molar refractivity (Wildman–Crippen MR) is 97.7 cm³/mol. The Kier molecular flexibility index (Phi) is 5.36. The van der Waals surface area contributed by atoms with E-state index >= 15 is 0 Å². The number of hydrogen-bond donors (Lipinski definition) is 0. The first-order valence-corrected chi connectivity index (χ1v) is 8.84. The zero-order valence-corrected chi connectivity index (χ0v) is 14.8. The average Bonchev–Trinajstić information content (AvgIpc) is 3.09. The molecule has 23 heavy (non-hydrogen) atoms. The summed E-state index contributed by atoms with van der Waals surface area (Å²) in [6.07, 6.45) is 0. The number of hydrogen-bond acceptors (Lipinski definition) is 4. The van der Waals surface area contributed by atoms with Gasteiger partial charge in [-0.3, -0.25) is 4.99 Å². The van der Waals surface area contributed by atoms with Crippen LogP contribution in [0.3, 0.4) is 0 Å². The highest BCUT2D eigenvalue weighted by molar-refractivity contribution is 8.14. The molecule has 3 nitrogen and oxygen atoms in total. The lowest BCUT2D eigenvalue weighted by molar-refractivity contribution is 0.284. The van der Waals surface area contributed by atoms with E-state index in [9.17, 15) is 0 Å². The van der Waals surface area contributed by atoms with Gasteiger partial charge in [-0.05, 0) is 30.3 Å². The van der Waals surface area contributed by atoms with E-state index in [0.717, 1.165) is 28.5 Å². The summed E-state index contributed by atoms with van der Waals surface area (Å²) in [5, 5.41) is 2.22. The molecule has 0 unspecified atom stereocenters. The second-order valence-corrected chi connectivity index (χ2v) is 6.79. The van der Waals surface area contributed by atoms with Crippen molar-refractivity contribution in [2.45, 2.75) is 6.61 Å². The molecule has 0 spiro atoms. The van der Waals surface area contributed by atoms with Gasteiger partial charge < -0.3 is 9.47 Å². The highest BCUT2D eigenvalue weighted by Crippen LogP contribution is 2.33. The summed E-state index contributed by atoms with van der Waals surface area (Å²) in [5.41, 5.74) is 1.81. The number of aliphatic imine (C=N–C) groups is 1. The van der Waals surface area contributed by atoms with E-state index in [2.05, 4.69) is 4.99 Å². The Morgan fingerprint density at radius 1 is 1.13 bits per heavy atom. The van der Waals surface area contributed by atoms with E-state index in [4.69, 9.17) is 32.7 Å². The number of benzene rings is 2. The second kappa shape index (κ2) is 7.47. The molecule has 0 fully saturated rings. The van der Waals surface area contributed by atoms with Crippen molar-refractivity contribution in [2.75, 3.05) is 19.4 Å². The first kappa shape index (κ1) is 16.5. The molecule has 0 N–H and O–H groups in total. The highest BCUT2D eigenvalue weighted by atomic mass is 35.5. The van der Waals surface area contributed by atoms with Crippen LogP contribution in [-0.4, -0.2) is 24.5 Å². The molecular weight excluding hydrogens is 353 g/mol. The molecule has 2 aromatic carbocycles. The Balaban J connectivity index is 1.80. The Morgan fingerprint density at radius 3 is 2.57 bits per heavy atom. The van der Waals surface area contributed by atoms with Crippen molar-refractivity contribution in [1.82, 2.24) is 0 Å². The molecule has 0 aliphatic carbocycles. The van der Waals surface area contributed by atoms with Crippen LogP contribution >= 0.6 is 35.0 Å². The largest absolute Gasteiger partial charge is 0.493 e. The molecule has 120 valence electrons. The van der Waals surface area contributed by atoms with E-state index in [0.29, 0.717) is 21.5 Å². The van der Waals surface area contributed by atoms with Gasteiger partial charge in [-0.1, -0.05) is 29.3 Å². The lowest BCUT2D eigenvalue weighted by Crippen LogP contribution is -2.01. The first-order valence-electron chi connectivity index (χ1n) is 7.10.